The Kier molecular flexibility index (Phi) is 3.94. The molecular formula is C16H12BrNO2S. The van der Waals surface area contributed by atoms with Gasteiger partial charge in [-0.25, -0.2) is 0 Å². The summed E-state index contributed by atoms with van der Waals surface area (Å²) in [4.78, 5) is 13.3. The molecule has 0 aliphatic heterocycles. The first-order valence-electron chi connectivity index (χ1n) is 6.37. The van der Waals surface area contributed by atoms with Gasteiger partial charge in [-0.3, -0.25) is 4.79 Å². The van der Waals surface area contributed by atoms with Gasteiger partial charge in [-0.1, -0.05) is 30.3 Å². The van der Waals surface area contributed by atoms with Crippen molar-refractivity contribution in [2.45, 2.75) is 6.54 Å². The molecule has 3 rings (SSSR count). The zero-order valence-corrected chi connectivity index (χ0v) is 13.4. The molecular weight excluding hydrogens is 350 g/mol. The molecule has 0 saturated carbocycles. The lowest BCUT2D eigenvalue weighted by Gasteiger charge is -2.08. The molecule has 2 aromatic carbocycles. The molecule has 3 nitrogen and oxygen atoms in total. The lowest BCUT2D eigenvalue weighted by Crippen LogP contribution is -2.22. The van der Waals surface area contributed by atoms with E-state index in [2.05, 4.69) is 21.2 Å². The second kappa shape index (κ2) is 5.87. The molecule has 0 saturated heterocycles. The van der Waals surface area contributed by atoms with Crippen molar-refractivity contribution < 1.29 is 9.90 Å². The molecule has 0 unspecified atom stereocenters. The predicted molar refractivity (Wildman–Crippen MR) is 88.8 cm³/mol. The molecule has 0 aliphatic rings. The Hall–Kier alpha value is -1.85. The number of phenolic OH excluding ortho intramolecular Hbond substituents is 1. The van der Waals surface area contributed by atoms with E-state index in [1.54, 1.807) is 23.5 Å². The summed E-state index contributed by atoms with van der Waals surface area (Å²) in [5.74, 6) is -0.255. The fourth-order valence-electron chi connectivity index (χ4n) is 2.15. The van der Waals surface area contributed by atoms with Gasteiger partial charge in [0.2, 0.25) is 0 Å². The summed E-state index contributed by atoms with van der Waals surface area (Å²) in [7, 11) is 0. The fourth-order valence-corrected chi connectivity index (χ4v) is 3.58. The topological polar surface area (TPSA) is 49.3 Å². The third kappa shape index (κ3) is 2.80. The van der Waals surface area contributed by atoms with Gasteiger partial charge in [-0.05, 0) is 38.8 Å². The summed E-state index contributed by atoms with van der Waals surface area (Å²) in [5.41, 5.74) is 0.293. The molecule has 0 radical (unpaired) electrons. The van der Waals surface area contributed by atoms with E-state index >= 15 is 0 Å². The lowest BCUT2D eigenvalue weighted by atomic mass is 10.0. The molecule has 2 N–H and O–H groups in total. The van der Waals surface area contributed by atoms with E-state index in [1.807, 2.05) is 35.7 Å². The highest BCUT2D eigenvalue weighted by Crippen LogP contribution is 2.28. The highest BCUT2D eigenvalue weighted by molar-refractivity contribution is 9.10. The van der Waals surface area contributed by atoms with Crippen molar-refractivity contribution >= 4 is 43.9 Å². The van der Waals surface area contributed by atoms with E-state index in [9.17, 15) is 9.90 Å². The minimum Gasteiger partial charge on any atom is -0.506 e. The zero-order valence-electron chi connectivity index (χ0n) is 11.0. The van der Waals surface area contributed by atoms with Crippen LogP contribution in [0.5, 0.6) is 5.75 Å². The molecule has 5 heteroatoms. The first-order valence-corrected chi connectivity index (χ1v) is 8.05. The predicted octanol–water partition coefficient (Wildman–Crippen LogP) is 4.30. The van der Waals surface area contributed by atoms with Crippen molar-refractivity contribution in [2.75, 3.05) is 0 Å². The van der Waals surface area contributed by atoms with Gasteiger partial charge in [0.15, 0.2) is 0 Å². The van der Waals surface area contributed by atoms with Gasteiger partial charge >= 0.3 is 0 Å². The largest absolute Gasteiger partial charge is 0.506 e. The number of thiophene rings is 1. The number of benzene rings is 2. The third-order valence-corrected chi connectivity index (χ3v) is 5.17. The number of amides is 1. The number of rotatable bonds is 3. The maximum absolute atomic E-state index is 12.2. The van der Waals surface area contributed by atoms with Crippen molar-refractivity contribution in [3.8, 4) is 5.75 Å². The van der Waals surface area contributed by atoms with Crippen molar-refractivity contribution in [3.63, 3.8) is 0 Å². The normalized spacial score (nSPS) is 10.7. The van der Waals surface area contributed by atoms with Gasteiger partial charge in [0, 0.05) is 14.7 Å². The number of fused-ring (bicyclic) bond motifs is 1. The smallest absolute Gasteiger partial charge is 0.255 e. The molecule has 0 atom stereocenters. The summed E-state index contributed by atoms with van der Waals surface area (Å²) in [5, 5.41) is 16.6. The Bertz CT molecular complexity index is 813. The van der Waals surface area contributed by atoms with Crippen LogP contribution in [0.4, 0.5) is 0 Å². The molecule has 1 amide bonds. The summed E-state index contributed by atoms with van der Waals surface area (Å²) in [6.07, 6.45) is 0. The van der Waals surface area contributed by atoms with Gasteiger partial charge in [-0.15, -0.1) is 11.3 Å². The SMILES string of the molecule is O=C(NCc1sccc1Br)c1ccc2ccccc2c1O. The first kappa shape index (κ1) is 14.1. The summed E-state index contributed by atoms with van der Waals surface area (Å²) in [6, 6.07) is 12.9. The van der Waals surface area contributed by atoms with Gasteiger partial charge in [-0.2, -0.15) is 0 Å². The van der Waals surface area contributed by atoms with E-state index < -0.39 is 0 Å². The molecule has 0 bridgehead atoms. The standard InChI is InChI=1S/C16H12BrNO2S/c17-13-7-8-21-14(13)9-18-16(20)12-6-5-10-3-1-2-4-11(10)15(12)19/h1-8,19H,9H2,(H,18,20). The zero-order chi connectivity index (χ0) is 14.8. The van der Waals surface area contributed by atoms with Crippen LogP contribution in [-0.2, 0) is 6.54 Å². The van der Waals surface area contributed by atoms with Gasteiger partial charge in [0.05, 0.1) is 12.1 Å². The van der Waals surface area contributed by atoms with Gasteiger partial charge < -0.3 is 10.4 Å². The monoisotopic (exact) mass is 361 g/mol. The molecule has 0 fully saturated rings. The third-order valence-electron chi connectivity index (χ3n) is 3.25. The molecule has 1 aromatic heterocycles. The highest BCUT2D eigenvalue weighted by atomic mass is 79.9. The number of carbonyl (C=O) groups excluding carboxylic acids is 1. The van der Waals surface area contributed by atoms with E-state index in [0.717, 1.165) is 14.7 Å². The van der Waals surface area contributed by atoms with Crippen LogP contribution in [0.25, 0.3) is 10.8 Å². The number of phenols is 1. The summed E-state index contributed by atoms with van der Waals surface area (Å²) >= 11 is 5.00. The van der Waals surface area contributed by atoms with Crippen molar-refractivity contribution in [1.29, 1.82) is 0 Å². The van der Waals surface area contributed by atoms with Crippen molar-refractivity contribution in [3.05, 3.63) is 62.8 Å². The number of hydrogen-bond donors (Lipinski definition) is 2. The highest BCUT2D eigenvalue weighted by Gasteiger charge is 2.14. The maximum atomic E-state index is 12.2. The molecule has 0 spiro atoms. The molecule has 3 aromatic rings. The second-order valence-electron chi connectivity index (χ2n) is 4.56. The second-order valence-corrected chi connectivity index (χ2v) is 6.41. The van der Waals surface area contributed by atoms with Crippen LogP contribution in [0.15, 0.2) is 52.3 Å². The quantitative estimate of drug-likeness (QED) is 0.730. The number of carbonyl (C=O) groups is 1. The molecule has 0 aliphatic carbocycles. The molecule has 21 heavy (non-hydrogen) atoms. The summed E-state index contributed by atoms with van der Waals surface area (Å²) < 4.78 is 0.982. The summed E-state index contributed by atoms with van der Waals surface area (Å²) in [6.45, 7) is 0.434. The van der Waals surface area contributed by atoms with Crippen LogP contribution in [0.1, 0.15) is 15.2 Å². The van der Waals surface area contributed by atoms with Crippen molar-refractivity contribution in [2.24, 2.45) is 0 Å². The first-order chi connectivity index (χ1) is 10.2. The Morgan fingerprint density at radius 1 is 1.19 bits per heavy atom. The van der Waals surface area contributed by atoms with Gasteiger partial charge in [0.25, 0.3) is 5.91 Å². The minimum absolute atomic E-state index is 0.0239. The average molecular weight is 362 g/mol. The number of nitrogens with one attached hydrogen (secondary N) is 1. The molecule has 1 heterocycles. The number of hydrogen-bond acceptors (Lipinski definition) is 3. The number of aromatic hydroxyl groups is 1. The van der Waals surface area contributed by atoms with E-state index in [-0.39, 0.29) is 11.7 Å². The van der Waals surface area contributed by atoms with Crippen molar-refractivity contribution in [1.82, 2.24) is 5.32 Å². The van der Waals surface area contributed by atoms with E-state index in [1.165, 1.54) is 0 Å². The maximum Gasteiger partial charge on any atom is 0.255 e. The Morgan fingerprint density at radius 2 is 2.00 bits per heavy atom. The van der Waals surface area contributed by atoms with Crippen LogP contribution >= 0.6 is 27.3 Å². The van der Waals surface area contributed by atoms with Gasteiger partial charge in [0.1, 0.15) is 5.75 Å². The number of halogens is 1. The van der Waals surface area contributed by atoms with E-state index in [4.69, 9.17) is 0 Å². The van der Waals surface area contributed by atoms with Crippen LogP contribution in [-0.4, -0.2) is 11.0 Å². The van der Waals surface area contributed by atoms with Crippen LogP contribution in [0, 0.1) is 0 Å². The Morgan fingerprint density at radius 3 is 2.76 bits per heavy atom. The Labute approximate surface area is 134 Å². The Balaban J connectivity index is 1.85. The minimum atomic E-state index is -0.279. The van der Waals surface area contributed by atoms with Crippen LogP contribution in [0.2, 0.25) is 0 Å². The molecule has 106 valence electrons. The fraction of sp³-hybridized carbons (Fsp3) is 0.0625. The van der Waals surface area contributed by atoms with Crippen LogP contribution in [0.3, 0.4) is 0 Å². The lowest BCUT2D eigenvalue weighted by molar-refractivity contribution is 0.0949. The van der Waals surface area contributed by atoms with E-state index in [0.29, 0.717) is 17.5 Å². The van der Waals surface area contributed by atoms with Crippen LogP contribution < -0.4 is 5.32 Å². The average Bonchev–Trinajstić information content (AvgIpc) is 2.91.